The van der Waals surface area contributed by atoms with E-state index >= 15 is 0 Å². The first kappa shape index (κ1) is 19.3. The second kappa shape index (κ2) is 7.64. The molecule has 1 heterocycles. The summed E-state index contributed by atoms with van der Waals surface area (Å²) in [5.41, 5.74) is 2.01. The van der Waals surface area contributed by atoms with Crippen molar-refractivity contribution in [2.45, 2.75) is 24.4 Å². The number of hydrogen-bond acceptors (Lipinski definition) is 3. The molecule has 0 aliphatic heterocycles. The third-order valence-electron chi connectivity index (χ3n) is 4.25. The number of H-pyrrole nitrogens is 1. The maximum Gasteiger partial charge on any atom is 0.449 e. The highest BCUT2D eigenvalue weighted by Gasteiger charge is 2.34. The summed E-state index contributed by atoms with van der Waals surface area (Å²) in [6.07, 6.45) is -2.70. The van der Waals surface area contributed by atoms with Crippen molar-refractivity contribution in [3.05, 3.63) is 65.5 Å². The number of hydrogen-bond donors (Lipinski definition) is 2. The fourth-order valence-electron chi connectivity index (χ4n) is 2.71. The Labute approximate surface area is 158 Å². The summed E-state index contributed by atoms with van der Waals surface area (Å²) < 4.78 is 38.7. The van der Waals surface area contributed by atoms with E-state index in [9.17, 15) is 18.0 Å². The normalized spacial score (nSPS) is 14.1. The molecule has 8 heteroatoms. The van der Waals surface area contributed by atoms with E-state index in [4.69, 9.17) is 0 Å². The maximum atomic E-state index is 12.9. The summed E-state index contributed by atoms with van der Waals surface area (Å²) in [5.74, 6) is -1.18. The monoisotopic (exact) mass is 393 g/mol. The van der Waals surface area contributed by atoms with Crippen molar-refractivity contribution >= 4 is 28.7 Å². The molecule has 0 aliphatic rings. The summed E-state index contributed by atoms with van der Waals surface area (Å²) in [5, 5.41) is 2.74. The van der Waals surface area contributed by atoms with Gasteiger partial charge in [0.25, 0.3) is 0 Å². The molecule has 0 saturated carbocycles. The average molecular weight is 393 g/mol. The first-order valence-corrected chi connectivity index (χ1v) is 9.53. The molecule has 142 valence electrons. The number of aromatic nitrogens is 2. The highest BCUT2D eigenvalue weighted by molar-refractivity contribution is 7.99. The van der Waals surface area contributed by atoms with E-state index < -0.39 is 18.0 Å². The highest BCUT2D eigenvalue weighted by atomic mass is 32.2. The first-order valence-electron chi connectivity index (χ1n) is 8.24. The molecule has 4 nitrogen and oxygen atoms in total. The summed E-state index contributed by atoms with van der Waals surface area (Å²) in [6.45, 7) is 1.80. The Morgan fingerprint density at radius 3 is 2.48 bits per heavy atom. The largest absolute Gasteiger partial charge is 0.449 e. The van der Waals surface area contributed by atoms with E-state index in [1.165, 1.54) is 17.8 Å². The van der Waals surface area contributed by atoms with Gasteiger partial charge in [-0.15, -0.1) is 0 Å². The molecular formula is C19H18F3N3OS. The van der Waals surface area contributed by atoms with Gasteiger partial charge >= 0.3 is 6.18 Å². The molecular weight excluding hydrogens is 375 g/mol. The van der Waals surface area contributed by atoms with Crippen LogP contribution in [-0.4, -0.2) is 27.4 Å². The number of rotatable bonds is 5. The van der Waals surface area contributed by atoms with Gasteiger partial charge in [0.05, 0.1) is 22.3 Å². The number of nitrogens with zero attached hydrogens (tertiary/aromatic N) is 1. The van der Waals surface area contributed by atoms with E-state index in [-0.39, 0.29) is 22.2 Å². The standard InChI is InChI=1S/C19H18F3N3OS/c1-11(27-2)17(26)25-16(12-6-4-3-5-7-12)13-8-9-14-15(10-13)24-18(23-14)19(20,21)22/h3-11,16H,1-2H3,(H,23,24)(H,25,26). The zero-order chi connectivity index (χ0) is 19.6. The lowest BCUT2D eigenvalue weighted by molar-refractivity contribution is -0.144. The van der Waals surface area contributed by atoms with Gasteiger partial charge in [-0.05, 0) is 36.4 Å². The second-order valence-corrected chi connectivity index (χ2v) is 7.27. The molecule has 3 rings (SSSR count). The van der Waals surface area contributed by atoms with Crippen LogP contribution >= 0.6 is 11.8 Å². The Bertz CT molecular complexity index is 940. The average Bonchev–Trinajstić information content (AvgIpc) is 3.09. The fraction of sp³-hybridized carbons (Fsp3) is 0.263. The Morgan fingerprint density at radius 2 is 1.85 bits per heavy atom. The Hall–Kier alpha value is -2.48. The van der Waals surface area contributed by atoms with Gasteiger partial charge in [0, 0.05) is 0 Å². The van der Waals surface area contributed by atoms with Crippen LogP contribution in [0.15, 0.2) is 48.5 Å². The minimum Gasteiger partial charge on any atom is -0.344 e. The van der Waals surface area contributed by atoms with E-state index in [0.29, 0.717) is 5.56 Å². The van der Waals surface area contributed by atoms with Gasteiger partial charge in [-0.2, -0.15) is 24.9 Å². The molecule has 2 atom stereocenters. The number of benzene rings is 2. The number of imidazole rings is 1. The summed E-state index contributed by atoms with van der Waals surface area (Å²) in [7, 11) is 0. The molecule has 1 amide bonds. The van der Waals surface area contributed by atoms with E-state index in [2.05, 4.69) is 15.3 Å². The van der Waals surface area contributed by atoms with Gasteiger partial charge in [0.2, 0.25) is 11.7 Å². The molecule has 3 aromatic rings. The van der Waals surface area contributed by atoms with Crippen molar-refractivity contribution in [2.24, 2.45) is 0 Å². The predicted octanol–water partition coefficient (Wildman–Crippen LogP) is 4.54. The number of nitrogens with one attached hydrogen (secondary N) is 2. The van der Waals surface area contributed by atoms with Gasteiger partial charge in [-0.1, -0.05) is 36.4 Å². The number of carbonyl (C=O) groups is 1. The lowest BCUT2D eigenvalue weighted by atomic mass is 9.98. The van der Waals surface area contributed by atoms with Crippen LogP contribution in [0.4, 0.5) is 13.2 Å². The number of carbonyl (C=O) groups excluding carboxylic acids is 1. The van der Waals surface area contributed by atoms with Gasteiger partial charge in [0.15, 0.2) is 0 Å². The van der Waals surface area contributed by atoms with Crippen molar-refractivity contribution in [1.29, 1.82) is 0 Å². The third-order valence-corrected chi connectivity index (χ3v) is 5.17. The van der Waals surface area contributed by atoms with Crippen LogP contribution in [-0.2, 0) is 11.0 Å². The van der Waals surface area contributed by atoms with Crippen molar-refractivity contribution in [2.75, 3.05) is 6.26 Å². The molecule has 2 N–H and O–H groups in total. The minimum absolute atomic E-state index is 0.142. The van der Waals surface area contributed by atoms with Crippen LogP contribution < -0.4 is 5.32 Å². The molecule has 0 bridgehead atoms. The number of halogens is 3. The molecule has 0 spiro atoms. The number of amides is 1. The minimum atomic E-state index is -4.54. The van der Waals surface area contributed by atoms with Crippen LogP contribution in [0.2, 0.25) is 0 Å². The lowest BCUT2D eigenvalue weighted by Crippen LogP contribution is -2.34. The van der Waals surface area contributed by atoms with Crippen molar-refractivity contribution in [1.82, 2.24) is 15.3 Å². The SMILES string of the molecule is CSC(C)C(=O)NC(c1ccccc1)c1ccc2nc(C(F)(F)F)[nH]c2c1. The van der Waals surface area contributed by atoms with Gasteiger partial charge in [-0.3, -0.25) is 4.79 Å². The Kier molecular flexibility index (Phi) is 5.46. The van der Waals surface area contributed by atoms with Gasteiger partial charge in [0.1, 0.15) is 0 Å². The number of aromatic amines is 1. The molecule has 0 fully saturated rings. The van der Waals surface area contributed by atoms with Gasteiger partial charge in [-0.25, -0.2) is 4.98 Å². The van der Waals surface area contributed by atoms with E-state index in [1.54, 1.807) is 19.1 Å². The van der Waals surface area contributed by atoms with Crippen molar-refractivity contribution in [3.63, 3.8) is 0 Å². The first-order chi connectivity index (χ1) is 12.8. The summed E-state index contributed by atoms with van der Waals surface area (Å²) >= 11 is 1.42. The molecule has 1 aromatic heterocycles. The summed E-state index contributed by atoms with van der Waals surface area (Å²) in [6, 6.07) is 13.6. The molecule has 27 heavy (non-hydrogen) atoms. The van der Waals surface area contributed by atoms with Crippen LogP contribution in [0.25, 0.3) is 11.0 Å². The van der Waals surface area contributed by atoms with E-state index in [0.717, 1.165) is 5.56 Å². The van der Waals surface area contributed by atoms with Crippen LogP contribution in [0.1, 0.15) is 29.9 Å². The van der Waals surface area contributed by atoms with Crippen LogP contribution in [0.5, 0.6) is 0 Å². The van der Waals surface area contributed by atoms with Crippen LogP contribution in [0, 0.1) is 0 Å². The van der Waals surface area contributed by atoms with Gasteiger partial charge < -0.3 is 10.3 Å². The zero-order valence-corrected chi connectivity index (χ0v) is 15.5. The highest BCUT2D eigenvalue weighted by Crippen LogP contribution is 2.30. The molecule has 0 radical (unpaired) electrons. The van der Waals surface area contributed by atoms with Crippen molar-refractivity contribution in [3.8, 4) is 0 Å². The van der Waals surface area contributed by atoms with Crippen LogP contribution in [0.3, 0.4) is 0 Å². The lowest BCUT2D eigenvalue weighted by Gasteiger charge is -2.21. The number of thioether (sulfide) groups is 1. The predicted molar refractivity (Wildman–Crippen MR) is 101 cm³/mol. The third kappa shape index (κ3) is 4.27. The number of alkyl halides is 3. The van der Waals surface area contributed by atoms with E-state index in [1.807, 2.05) is 36.6 Å². The maximum absolute atomic E-state index is 12.9. The number of fused-ring (bicyclic) bond motifs is 1. The molecule has 0 saturated heterocycles. The fourth-order valence-corrected chi connectivity index (χ4v) is 2.99. The topological polar surface area (TPSA) is 57.8 Å². The Balaban J connectivity index is 2.02. The quantitative estimate of drug-likeness (QED) is 0.669. The molecule has 0 aliphatic carbocycles. The smallest absolute Gasteiger partial charge is 0.344 e. The molecule has 2 unspecified atom stereocenters. The molecule has 2 aromatic carbocycles. The zero-order valence-electron chi connectivity index (χ0n) is 14.7. The summed E-state index contributed by atoms with van der Waals surface area (Å²) in [4.78, 5) is 18.3. The second-order valence-electron chi connectivity index (χ2n) is 6.09. The Morgan fingerprint density at radius 1 is 1.15 bits per heavy atom. The van der Waals surface area contributed by atoms with Crippen molar-refractivity contribution < 1.29 is 18.0 Å².